The molecule has 7 heteroatoms. The Hall–Kier alpha value is -1.31. The summed E-state index contributed by atoms with van der Waals surface area (Å²) in [4.78, 5) is 24.2. The van der Waals surface area contributed by atoms with Crippen LogP contribution in [0.1, 0.15) is 64.7 Å². The van der Waals surface area contributed by atoms with Crippen molar-refractivity contribution in [1.82, 2.24) is 10.2 Å². The zero-order valence-electron chi connectivity index (χ0n) is 18.2. The molecule has 0 spiro atoms. The largest absolute Gasteiger partial charge is 0.379 e. The molecule has 1 amide bonds. The summed E-state index contributed by atoms with van der Waals surface area (Å²) in [5.74, 6) is 0.596. The molecule has 2 aliphatic heterocycles. The molecular weight excluding hydrogens is 385 g/mol. The number of nitrogens with one attached hydrogen (secondary N) is 1. The van der Waals surface area contributed by atoms with Crippen molar-refractivity contribution in [2.45, 2.75) is 83.0 Å². The van der Waals surface area contributed by atoms with E-state index in [4.69, 9.17) is 9.73 Å². The van der Waals surface area contributed by atoms with Crippen LogP contribution in [0.25, 0.3) is 0 Å². The van der Waals surface area contributed by atoms with Gasteiger partial charge in [0.15, 0.2) is 0 Å². The highest BCUT2D eigenvalue weighted by Crippen LogP contribution is 2.40. The van der Waals surface area contributed by atoms with Crippen LogP contribution in [-0.2, 0) is 14.5 Å². The Labute approximate surface area is 179 Å². The number of carbonyl (C=O) groups is 1. The molecule has 3 atom stereocenters. The third-order valence-corrected chi connectivity index (χ3v) is 7.55. The number of amides is 1. The van der Waals surface area contributed by atoms with Crippen molar-refractivity contribution in [2.75, 3.05) is 26.3 Å². The molecule has 4 aliphatic rings. The number of carbonyl (C=O) groups excluding carboxylic acids is 1. The highest BCUT2D eigenvalue weighted by Gasteiger charge is 2.33. The van der Waals surface area contributed by atoms with Crippen LogP contribution in [0.3, 0.4) is 0 Å². The van der Waals surface area contributed by atoms with Gasteiger partial charge in [0.25, 0.3) is 0 Å². The van der Waals surface area contributed by atoms with Crippen LogP contribution < -0.4 is 5.32 Å². The van der Waals surface area contributed by atoms with E-state index >= 15 is 0 Å². The Balaban J connectivity index is 1.33. The van der Waals surface area contributed by atoms with E-state index in [0.29, 0.717) is 5.92 Å². The first-order chi connectivity index (χ1) is 14.7. The minimum atomic E-state index is -0.239. The molecule has 2 heterocycles. The number of morpholine rings is 1. The Morgan fingerprint density at radius 1 is 1.17 bits per heavy atom. The number of ether oxygens (including phenoxy) is 1. The summed E-state index contributed by atoms with van der Waals surface area (Å²) in [6.45, 7) is 5.58. The number of hydrogen-bond donors (Lipinski definition) is 1. The second-order valence-electron chi connectivity index (χ2n) is 9.34. The first-order valence-corrected chi connectivity index (χ1v) is 11.8. The van der Waals surface area contributed by atoms with Gasteiger partial charge in [-0.05, 0) is 75.2 Å². The second kappa shape index (κ2) is 10.3. The van der Waals surface area contributed by atoms with Crippen molar-refractivity contribution >= 4 is 12.1 Å². The molecule has 0 radical (unpaired) electrons. The molecule has 0 aromatic rings. The maximum Gasteiger partial charge on any atom is 0.227 e. The summed E-state index contributed by atoms with van der Waals surface area (Å²) >= 11 is 0. The van der Waals surface area contributed by atoms with Crippen molar-refractivity contribution < 1.29 is 19.0 Å². The lowest BCUT2D eigenvalue weighted by atomic mass is 9.73. The van der Waals surface area contributed by atoms with Gasteiger partial charge in [-0.1, -0.05) is 11.1 Å². The summed E-state index contributed by atoms with van der Waals surface area (Å²) in [5.41, 5.74) is 2.70. The quantitative estimate of drug-likeness (QED) is 0.690. The average Bonchev–Trinajstić information content (AvgIpc) is 2.80. The van der Waals surface area contributed by atoms with Crippen molar-refractivity contribution in [1.29, 1.82) is 0 Å². The number of allylic oxidation sites excluding steroid dienone is 1. The van der Waals surface area contributed by atoms with E-state index in [1.165, 1.54) is 11.1 Å². The predicted molar refractivity (Wildman–Crippen MR) is 114 cm³/mol. The molecule has 3 unspecified atom stereocenters. The summed E-state index contributed by atoms with van der Waals surface area (Å²) < 4.78 is 17.9. The Morgan fingerprint density at radius 2 is 1.93 bits per heavy atom. The summed E-state index contributed by atoms with van der Waals surface area (Å²) in [6.07, 6.45) is 10.4. The first-order valence-electron chi connectivity index (χ1n) is 11.8. The maximum atomic E-state index is 13.1. The number of rotatable bonds is 5. The number of nitrogens with zero attached hydrogens (tertiary/aromatic N) is 2. The number of halogens is 1. The molecule has 6 nitrogen and oxygen atoms in total. The molecule has 168 valence electrons. The van der Waals surface area contributed by atoms with Gasteiger partial charge in [0, 0.05) is 19.3 Å². The Kier molecular flexibility index (Phi) is 7.55. The zero-order valence-corrected chi connectivity index (χ0v) is 18.2. The summed E-state index contributed by atoms with van der Waals surface area (Å²) in [6, 6.07) is 0.0325. The monoisotopic (exact) mass is 421 g/mol. The second-order valence-corrected chi connectivity index (χ2v) is 9.34. The molecule has 1 saturated heterocycles. The molecule has 2 fully saturated rings. The van der Waals surface area contributed by atoms with Crippen molar-refractivity contribution in [3.8, 4) is 0 Å². The van der Waals surface area contributed by atoms with Gasteiger partial charge in [0.2, 0.25) is 5.91 Å². The van der Waals surface area contributed by atoms with Crippen molar-refractivity contribution in [3.05, 3.63) is 11.1 Å². The van der Waals surface area contributed by atoms with Gasteiger partial charge >= 0.3 is 0 Å². The lowest BCUT2D eigenvalue weighted by Crippen LogP contribution is -2.47. The smallest absolute Gasteiger partial charge is 0.227 e. The molecule has 0 bridgehead atoms. The predicted octanol–water partition coefficient (Wildman–Crippen LogP) is 3.57. The van der Waals surface area contributed by atoms with Gasteiger partial charge < -0.3 is 10.1 Å². The fourth-order valence-corrected chi connectivity index (χ4v) is 5.71. The zero-order chi connectivity index (χ0) is 20.9. The topological polar surface area (TPSA) is 63.2 Å². The maximum absolute atomic E-state index is 13.1. The van der Waals surface area contributed by atoms with Gasteiger partial charge in [-0.15, -0.1) is 0 Å². The van der Waals surface area contributed by atoms with Gasteiger partial charge in [-0.25, -0.2) is 0 Å². The van der Waals surface area contributed by atoms with Crippen LogP contribution in [-0.4, -0.2) is 61.6 Å². The van der Waals surface area contributed by atoms with Gasteiger partial charge in [-0.3, -0.25) is 14.7 Å². The highest BCUT2D eigenvalue weighted by atomic mass is 19.3. The SMILES string of the molecule is CC1=C(C2CCC(OF)CC2)CCCC1C(=O)NC1C=NC(N2CCOCC2)CC1. The van der Waals surface area contributed by atoms with E-state index in [1.54, 1.807) is 0 Å². The average molecular weight is 422 g/mol. The lowest BCUT2D eigenvalue weighted by Gasteiger charge is -2.36. The third kappa shape index (κ3) is 5.11. The fraction of sp³-hybridized carbons (Fsp3) is 0.826. The van der Waals surface area contributed by atoms with E-state index < -0.39 is 0 Å². The van der Waals surface area contributed by atoms with E-state index in [0.717, 1.165) is 84.1 Å². The minimum absolute atomic E-state index is 0.0325. The number of aliphatic imine (C=N–C) groups is 1. The van der Waals surface area contributed by atoms with Gasteiger partial charge in [0.1, 0.15) is 6.17 Å². The molecule has 1 saturated carbocycles. The number of hydrogen-bond acceptors (Lipinski definition) is 5. The van der Waals surface area contributed by atoms with Crippen molar-refractivity contribution in [2.24, 2.45) is 16.8 Å². The molecule has 0 aromatic carbocycles. The first kappa shape index (κ1) is 21.9. The van der Waals surface area contributed by atoms with E-state index in [9.17, 15) is 9.32 Å². The Morgan fingerprint density at radius 3 is 2.60 bits per heavy atom. The third-order valence-electron chi connectivity index (χ3n) is 7.55. The molecule has 0 aromatic heterocycles. The highest BCUT2D eigenvalue weighted by molar-refractivity contribution is 5.85. The molecule has 4 rings (SSSR count). The summed E-state index contributed by atoms with van der Waals surface area (Å²) in [5, 5.41) is 3.25. The van der Waals surface area contributed by atoms with Crippen LogP contribution >= 0.6 is 0 Å². The van der Waals surface area contributed by atoms with E-state index in [2.05, 4.69) is 22.1 Å². The fourth-order valence-electron chi connectivity index (χ4n) is 5.71. The Bertz CT molecular complexity index is 654. The standard InChI is InChI=1S/C23H36FN3O3/c1-16-20(17-5-8-19(30-24)9-6-17)3-2-4-21(16)23(28)26-18-7-10-22(25-15-18)27-11-13-29-14-12-27/h15,17-19,21-22H,2-14H2,1H3,(H,26,28). The molecule has 2 aliphatic carbocycles. The van der Waals surface area contributed by atoms with Crippen LogP contribution in [0.5, 0.6) is 0 Å². The normalized spacial score (nSPS) is 36.0. The van der Waals surface area contributed by atoms with E-state index in [-0.39, 0.29) is 30.1 Å². The van der Waals surface area contributed by atoms with E-state index in [1.807, 2.05) is 6.21 Å². The van der Waals surface area contributed by atoms with Gasteiger partial charge in [0.05, 0.1) is 31.3 Å². The molecule has 1 N–H and O–H groups in total. The van der Waals surface area contributed by atoms with Crippen LogP contribution in [0.4, 0.5) is 4.53 Å². The molecule has 30 heavy (non-hydrogen) atoms. The summed E-state index contributed by atoms with van der Waals surface area (Å²) in [7, 11) is 0. The van der Waals surface area contributed by atoms with Gasteiger partial charge in [-0.2, -0.15) is 4.94 Å². The lowest BCUT2D eigenvalue weighted by molar-refractivity contribution is -0.189. The van der Waals surface area contributed by atoms with Crippen LogP contribution in [0.2, 0.25) is 0 Å². The minimum Gasteiger partial charge on any atom is -0.379 e. The van der Waals surface area contributed by atoms with Crippen molar-refractivity contribution in [3.63, 3.8) is 0 Å². The molecular formula is C23H36FN3O3. The van der Waals surface area contributed by atoms with Crippen LogP contribution in [0, 0.1) is 11.8 Å². The van der Waals surface area contributed by atoms with Crippen LogP contribution in [0.15, 0.2) is 16.1 Å².